The molecule has 0 fully saturated rings. The third kappa shape index (κ3) is 1.35. The number of hydrogen-bond donors (Lipinski definition) is 2. The third-order valence-corrected chi connectivity index (χ3v) is 1.20. The van der Waals surface area contributed by atoms with Crippen LogP contribution in [0.25, 0.3) is 0 Å². The highest BCUT2D eigenvalue weighted by Crippen LogP contribution is 2.03. The van der Waals surface area contributed by atoms with Crippen LogP contribution < -0.4 is 0 Å². The van der Waals surface area contributed by atoms with Gasteiger partial charge in [0.25, 0.3) is 0 Å². The van der Waals surface area contributed by atoms with Crippen LogP contribution in [0.5, 0.6) is 0 Å². The second-order valence-corrected chi connectivity index (χ2v) is 1.90. The standard InChI is InChI=1S/C6H5N3O2/c7-2-1-5-4(6(10)11)3-8-9-5/h3H,1H2,(H,8,9)(H,10,11). The normalized spacial score (nSPS) is 9.00. The molecule has 56 valence electrons. The molecule has 0 aromatic carbocycles. The van der Waals surface area contributed by atoms with E-state index >= 15 is 0 Å². The van der Waals surface area contributed by atoms with Crippen molar-refractivity contribution in [2.75, 3.05) is 0 Å². The number of carbonyl (C=O) groups is 1. The fourth-order valence-electron chi connectivity index (χ4n) is 0.711. The minimum atomic E-state index is -1.07. The van der Waals surface area contributed by atoms with Gasteiger partial charge < -0.3 is 5.11 Å². The van der Waals surface area contributed by atoms with Crippen LogP contribution in [0.3, 0.4) is 0 Å². The van der Waals surface area contributed by atoms with Crippen molar-refractivity contribution in [2.24, 2.45) is 0 Å². The third-order valence-electron chi connectivity index (χ3n) is 1.20. The van der Waals surface area contributed by atoms with E-state index in [1.807, 2.05) is 6.07 Å². The molecule has 2 N–H and O–H groups in total. The first-order valence-corrected chi connectivity index (χ1v) is 2.88. The molecule has 1 aromatic rings. The van der Waals surface area contributed by atoms with Gasteiger partial charge >= 0.3 is 5.97 Å². The van der Waals surface area contributed by atoms with Gasteiger partial charge in [0, 0.05) is 0 Å². The molecule has 0 spiro atoms. The number of rotatable bonds is 2. The minimum Gasteiger partial charge on any atom is -0.478 e. The number of nitriles is 1. The summed E-state index contributed by atoms with van der Waals surface area (Å²) in [6.45, 7) is 0. The zero-order chi connectivity index (χ0) is 8.27. The average molecular weight is 151 g/mol. The lowest BCUT2D eigenvalue weighted by atomic mass is 10.2. The summed E-state index contributed by atoms with van der Waals surface area (Å²) in [5.74, 6) is -1.07. The molecule has 0 aliphatic heterocycles. The first-order chi connectivity index (χ1) is 5.25. The second-order valence-electron chi connectivity index (χ2n) is 1.90. The van der Waals surface area contributed by atoms with Gasteiger partial charge in [0.1, 0.15) is 5.56 Å². The lowest BCUT2D eigenvalue weighted by Crippen LogP contribution is -1.98. The first kappa shape index (κ1) is 7.28. The van der Waals surface area contributed by atoms with Crippen molar-refractivity contribution < 1.29 is 9.90 Å². The summed E-state index contributed by atoms with van der Waals surface area (Å²) < 4.78 is 0. The Balaban J connectivity index is 2.98. The van der Waals surface area contributed by atoms with Crippen molar-refractivity contribution in [1.29, 1.82) is 5.26 Å². The van der Waals surface area contributed by atoms with E-state index in [0.29, 0.717) is 5.69 Å². The Morgan fingerprint density at radius 2 is 2.64 bits per heavy atom. The number of aromatic amines is 1. The zero-order valence-corrected chi connectivity index (χ0v) is 5.53. The molecular weight excluding hydrogens is 146 g/mol. The molecule has 1 heterocycles. The van der Waals surface area contributed by atoms with Gasteiger partial charge in [-0.15, -0.1) is 0 Å². The SMILES string of the molecule is N#CCc1[nH]ncc1C(=O)O. The van der Waals surface area contributed by atoms with Crippen LogP contribution in [-0.4, -0.2) is 21.3 Å². The van der Waals surface area contributed by atoms with Crippen molar-refractivity contribution in [1.82, 2.24) is 10.2 Å². The second kappa shape index (κ2) is 2.84. The number of hydrogen-bond acceptors (Lipinski definition) is 3. The zero-order valence-electron chi connectivity index (χ0n) is 5.53. The van der Waals surface area contributed by atoms with E-state index in [1.165, 1.54) is 6.20 Å². The number of carboxylic acids is 1. The largest absolute Gasteiger partial charge is 0.478 e. The quantitative estimate of drug-likeness (QED) is 0.630. The number of nitrogens with zero attached hydrogens (tertiary/aromatic N) is 2. The van der Waals surface area contributed by atoms with Crippen LogP contribution in [0, 0.1) is 11.3 Å². The molecule has 0 amide bonds. The van der Waals surface area contributed by atoms with E-state index in [4.69, 9.17) is 10.4 Å². The van der Waals surface area contributed by atoms with Crippen molar-refractivity contribution in [3.63, 3.8) is 0 Å². The van der Waals surface area contributed by atoms with Gasteiger partial charge in [-0.3, -0.25) is 5.10 Å². The van der Waals surface area contributed by atoms with Gasteiger partial charge in [0.2, 0.25) is 0 Å². The van der Waals surface area contributed by atoms with E-state index in [0.717, 1.165) is 0 Å². The monoisotopic (exact) mass is 151 g/mol. The summed E-state index contributed by atoms with van der Waals surface area (Å²) in [6.07, 6.45) is 1.23. The van der Waals surface area contributed by atoms with Crippen molar-refractivity contribution in [3.05, 3.63) is 17.5 Å². The molecule has 0 atom stereocenters. The van der Waals surface area contributed by atoms with Crippen molar-refractivity contribution in [3.8, 4) is 6.07 Å². The van der Waals surface area contributed by atoms with Crippen LogP contribution in [0.15, 0.2) is 6.20 Å². The van der Waals surface area contributed by atoms with Crippen LogP contribution in [0.4, 0.5) is 0 Å². The molecule has 0 bridgehead atoms. The Morgan fingerprint density at radius 1 is 1.91 bits per heavy atom. The van der Waals surface area contributed by atoms with Crippen molar-refractivity contribution in [2.45, 2.75) is 6.42 Å². The van der Waals surface area contributed by atoms with Crippen LogP contribution in [-0.2, 0) is 6.42 Å². The molecule has 0 radical (unpaired) electrons. The van der Waals surface area contributed by atoms with E-state index in [-0.39, 0.29) is 12.0 Å². The Bertz CT molecular complexity index is 310. The van der Waals surface area contributed by atoms with E-state index < -0.39 is 5.97 Å². The smallest absolute Gasteiger partial charge is 0.339 e. The first-order valence-electron chi connectivity index (χ1n) is 2.88. The maximum atomic E-state index is 10.4. The molecule has 5 nitrogen and oxygen atoms in total. The van der Waals surface area contributed by atoms with Gasteiger partial charge in [-0.05, 0) is 0 Å². The van der Waals surface area contributed by atoms with E-state index in [2.05, 4.69) is 10.2 Å². The van der Waals surface area contributed by atoms with E-state index in [9.17, 15) is 4.79 Å². The maximum absolute atomic E-state index is 10.4. The van der Waals surface area contributed by atoms with Gasteiger partial charge in [-0.1, -0.05) is 0 Å². The number of aromatic nitrogens is 2. The Labute approximate surface area is 62.3 Å². The van der Waals surface area contributed by atoms with Gasteiger partial charge in [0.15, 0.2) is 0 Å². The Kier molecular flexibility index (Phi) is 1.88. The number of aromatic carboxylic acids is 1. The highest BCUT2D eigenvalue weighted by molar-refractivity contribution is 5.88. The fourth-order valence-corrected chi connectivity index (χ4v) is 0.711. The predicted octanol–water partition coefficient (Wildman–Crippen LogP) is 0.174. The molecule has 0 saturated carbocycles. The number of H-pyrrole nitrogens is 1. The molecule has 1 rings (SSSR count). The highest BCUT2D eigenvalue weighted by Gasteiger charge is 2.10. The highest BCUT2D eigenvalue weighted by atomic mass is 16.4. The summed E-state index contributed by atoms with van der Waals surface area (Å²) in [5.41, 5.74) is 0.409. The maximum Gasteiger partial charge on any atom is 0.339 e. The molecular formula is C6H5N3O2. The molecule has 0 saturated heterocycles. The number of nitrogens with one attached hydrogen (secondary N) is 1. The number of carboxylic acid groups (broad SMARTS) is 1. The van der Waals surface area contributed by atoms with Gasteiger partial charge in [-0.25, -0.2) is 4.79 Å². The van der Waals surface area contributed by atoms with E-state index in [1.54, 1.807) is 0 Å². The van der Waals surface area contributed by atoms with Crippen LogP contribution in [0.1, 0.15) is 16.1 Å². The fraction of sp³-hybridized carbons (Fsp3) is 0.167. The lowest BCUT2D eigenvalue weighted by Gasteiger charge is -1.89. The summed E-state index contributed by atoms with van der Waals surface area (Å²) in [5, 5.41) is 22.7. The summed E-state index contributed by atoms with van der Waals surface area (Å²) in [4.78, 5) is 10.4. The molecule has 0 aliphatic rings. The molecule has 0 aliphatic carbocycles. The molecule has 1 aromatic heterocycles. The van der Waals surface area contributed by atoms with Crippen LogP contribution in [0.2, 0.25) is 0 Å². The topological polar surface area (TPSA) is 89.8 Å². The summed E-state index contributed by atoms with van der Waals surface area (Å²) in [6, 6.07) is 1.83. The molecule has 11 heavy (non-hydrogen) atoms. The predicted molar refractivity (Wildman–Crippen MR) is 34.9 cm³/mol. The lowest BCUT2D eigenvalue weighted by molar-refractivity contribution is 0.0696. The van der Waals surface area contributed by atoms with Crippen LogP contribution >= 0.6 is 0 Å². The van der Waals surface area contributed by atoms with Crippen molar-refractivity contribution >= 4 is 5.97 Å². The summed E-state index contributed by atoms with van der Waals surface area (Å²) >= 11 is 0. The Hall–Kier alpha value is -1.83. The Morgan fingerprint density at radius 3 is 3.18 bits per heavy atom. The molecule has 5 heteroatoms. The minimum absolute atomic E-state index is 0.0433. The summed E-state index contributed by atoms with van der Waals surface area (Å²) in [7, 11) is 0. The average Bonchev–Trinajstić information content (AvgIpc) is 2.36. The van der Waals surface area contributed by atoms with Gasteiger partial charge in [0.05, 0.1) is 24.4 Å². The molecule has 0 unspecified atom stereocenters. The van der Waals surface area contributed by atoms with Gasteiger partial charge in [-0.2, -0.15) is 10.4 Å².